The molecule has 0 radical (unpaired) electrons. The number of nitriles is 1. The monoisotopic (exact) mass is 440 g/mol. The smallest absolute Gasteiger partial charge is 0.261 e. The normalized spacial score (nSPS) is 11.5. The third kappa shape index (κ3) is 4.08. The highest BCUT2D eigenvalue weighted by Gasteiger charge is 2.21. The van der Waals surface area contributed by atoms with E-state index in [1.54, 1.807) is 25.2 Å². The molecule has 3 rings (SSSR count). The van der Waals surface area contributed by atoms with Crippen LogP contribution in [0.3, 0.4) is 0 Å². The van der Waals surface area contributed by atoms with Gasteiger partial charge in [0.05, 0.1) is 38.3 Å². The fourth-order valence-corrected chi connectivity index (χ4v) is 3.31. The van der Waals surface area contributed by atoms with Gasteiger partial charge in [0.1, 0.15) is 6.04 Å². The number of carbonyl (C=O) groups excluding carboxylic acids is 1. The van der Waals surface area contributed by atoms with E-state index in [0.29, 0.717) is 33.7 Å². The fraction of sp³-hybridized carbons (Fsp3) is 0.238. The summed E-state index contributed by atoms with van der Waals surface area (Å²) < 4.78 is 17.5. The molecule has 0 aliphatic heterocycles. The van der Waals surface area contributed by atoms with Crippen molar-refractivity contribution in [3.05, 3.63) is 56.6 Å². The van der Waals surface area contributed by atoms with Gasteiger partial charge in [-0.05, 0) is 48.1 Å². The van der Waals surface area contributed by atoms with E-state index in [1.807, 2.05) is 0 Å². The second kappa shape index (κ2) is 8.89. The molecule has 1 unspecified atom stereocenters. The predicted molar refractivity (Wildman–Crippen MR) is 116 cm³/mol. The van der Waals surface area contributed by atoms with Gasteiger partial charge in [0.2, 0.25) is 5.75 Å². The van der Waals surface area contributed by atoms with Crippen molar-refractivity contribution in [2.45, 2.75) is 6.04 Å². The molecule has 10 heteroatoms. The van der Waals surface area contributed by atoms with Gasteiger partial charge in [0.25, 0.3) is 11.5 Å². The standard InChI is InChI=1S/C21H20N4O5S/c1-25-20(27)13-6-5-11(7-14(13)24-21(25)31)19(26)23-15(10-22)12-8-16(28-2)18(30-4)17(9-12)29-3/h5-9,15H,1-4H3,(H,23,26)(H,24,31). The Morgan fingerprint density at radius 1 is 1.16 bits per heavy atom. The van der Waals surface area contributed by atoms with Crippen LogP contribution in [0.5, 0.6) is 17.2 Å². The molecular weight excluding hydrogens is 420 g/mol. The van der Waals surface area contributed by atoms with Crippen LogP contribution < -0.4 is 25.1 Å². The molecule has 1 aromatic heterocycles. The molecule has 1 amide bonds. The average Bonchev–Trinajstić information content (AvgIpc) is 2.79. The summed E-state index contributed by atoms with van der Waals surface area (Å²) in [5.74, 6) is 0.603. The van der Waals surface area contributed by atoms with Gasteiger partial charge in [0, 0.05) is 12.6 Å². The number of methoxy groups -OCH3 is 3. The molecule has 0 saturated carbocycles. The van der Waals surface area contributed by atoms with Gasteiger partial charge in [-0.15, -0.1) is 0 Å². The van der Waals surface area contributed by atoms with Gasteiger partial charge in [0.15, 0.2) is 16.3 Å². The third-order valence-corrected chi connectivity index (χ3v) is 5.16. The maximum Gasteiger partial charge on any atom is 0.261 e. The number of aromatic nitrogens is 2. The first-order valence-corrected chi connectivity index (χ1v) is 9.48. The van der Waals surface area contributed by atoms with E-state index >= 15 is 0 Å². The van der Waals surface area contributed by atoms with Crippen LogP contribution >= 0.6 is 12.2 Å². The number of nitrogens with one attached hydrogen (secondary N) is 2. The van der Waals surface area contributed by atoms with Crippen LogP contribution in [0.4, 0.5) is 0 Å². The van der Waals surface area contributed by atoms with E-state index in [9.17, 15) is 14.9 Å². The average molecular weight is 440 g/mol. The lowest BCUT2D eigenvalue weighted by Gasteiger charge is -2.17. The zero-order valence-electron chi connectivity index (χ0n) is 17.3. The summed E-state index contributed by atoms with van der Waals surface area (Å²) in [6, 6.07) is 8.83. The minimum absolute atomic E-state index is 0.238. The summed E-state index contributed by atoms with van der Waals surface area (Å²) in [4.78, 5) is 28.1. The van der Waals surface area contributed by atoms with Crippen molar-refractivity contribution < 1.29 is 19.0 Å². The fourth-order valence-electron chi connectivity index (χ4n) is 3.12. The van der Waals surface area contributed by atoms with E-state index in [4.69, 9.17) is 26.4 Å². The Morgan fingerprint density at radius 3 is 2.35 bits per heavy atom. The van der Waals surface area contributed by atoms with E-state index in [1.165, 1.54) is 38.0 Å². The highest BCUT2D eigenvalue weighted by molar-refractivity contribution is 7.71. The lowest BCUT2D eigenvalue weighted by molar-refractivity contribution is 0.0945. The summed E-state index contributed by atoms with van der Waals surface area (Å²) in [7, 11) is 5.96. The number of aromatic amines is 1. The number of amides is 1. The van der Waals surface area contributed by atoms with Gasteiger partial charge in [-0.1, -0.05) is 0 Å². The largest absolute Gasteiger partial charge is 0.493 e. The predicted octanol–water partition coefficient (Wildman–Crippen LogP) is 2.62. The van der Waals surface area contributed by atoms with Crippen molar-refractivity contribution in [2.24, 2.45) is 7.05 Å². The third-order valence-electron chi connectivity index (χ3n) is 4.79. The minimum atomic E-state index is -0.987. The van der Waals surface area contributed by atoms with Gasteiger partial charge in [-0.25, -0.2) is 0 Å². The number of hydrogen-bond acceptors (Lipinski definition) is 7. The number of carbonyl (C=O) groups is 1. The lowest BCUT2D eigenvalue weighted by atomic mass is 10.1. The van der Waals surface area contributed by atoms with Crippen molar-refractivity contribution in [3.8, 4) is 23.3 Å². The Kier molecular flexibility index (Phi) is 6.27. The minimum Gasteiger partial charge on any atom is -0.493 e. The molecule has 0 aliphatic rings. The molecule has 0 spiro atoms. The summed E-state index contributed by atoms with van der Waals surface area (Å²) in [5.41, 5.74) is 0.888. The van der Waals surface area contributed by atoms with E-state index in [2.05, 4.69) is 16.4 Å². The SMILES string of the molecule is COc1cc(C(C#N)NC(=O)c2ccc3c(=O)n(C)c(=S)[nH]c3c2)cc(OC)c1OC. The highest BCUT2D eigenvalue weighted by Crippen LogP contribution is 2.39. The molecule has 0 fully saturated rings. The molecular formula is C21H20N4O5S. The molecule has 3 aromatic rings. The molecule has 1 heterocycles. The maximum absolute atomic E-state index is 12.8. The number of rotatable bonds is 6. The topological polar surface area (TPSA) is 118 Å². The van der Waals surface area contributed by atoms with Gasteiger partial charge in [-0.3, -0.25) is 14.2 Å². The lowest BCUT2D eigenvalue weighted by Crippen LogP contribution is -2.28. The first-order valence-electron chi connectivity index (χ1n) is 9.08. The summed E-state index contributed by atoms with van der Waals surface area (Å²) in [6.07, 6.45) is 0. The van der Waals surface area contributed by atoms with Crippen molar-refractivity contribution in [1.82, 2.24) is 14.9 Å². The molecule has 0 saturated heterocycles. The number of fused-ring (bicyclic) bond motifs is 1. The van der Waals surface area contributed by atoms with Crippen molar-refractivity contribution in [1.29, 1.82) is 5.26 Å². The van der Waals surface area contributed by atoms with Crippen LogP contribution in [0.15, 0.2) is 35.1 Å². The summed E-state index contributed by atoms with van der Waals surface area (Å²) in [5, 5.41) is 12.7. The quantitative estimate of drug-likeness (QED) is 0.566. The number of benzene rings is 2. The van der Waals surface area contributed by atoms with E-state index < -0.39 is 11.9 Å². The Bertz CT molecular complexity index is 1300. The second-order valence-electron chi connectivity index (χ2n) is 6.55. The number of nitrogens with zero attached hydrogens (tertiary/aromatic N) is 2. The van der Waals surface area contributed by atoms with E-state index in [-0.39, 0.29) is 15.9 Å². The molecule has 2 N–H and O–H groups in total. The molecule has 0 bridgehead atoms. The zero-order chi connectivity index (χ0) is 22.7. The molecule has 9 nitrogen and oxygen atoms in total. The number of ether oxygens (including phenoxy) is 3. The molecule has 160 valence electrons. The van der Waals surface area contributed by atoms with Crippen molar-refractivity contribution in [3.63, 3.8) is 0 Å². The molecule has 0 aliphatic carbocycles. The van der Waals surface area contributed by atoms with Crippen LogP contribution in [0, 0.1) is 16.1 Å². The second-order valence-corrected chi connectivity index (χ2v) is 6.94. The van der Waals surface area contributed by atoms with Crippen LogP contribution in [-0.2, 0) is 7.05 Å². The Balaban J connectivity index is 1.97. The van der Waals surface area contributed by atoms with E-state index in [0.717, 1.165) is 0 Å². The van der Waals surface area contributed by atoms with Gasteiger partial charge >= 0.3 is 0 Å². The number of H-pyrrole nitrogens is 1. The van der Waals surface area contributed by atoms with Crippen LogP contribution in [0.25, 0.3) is 10.9 Å². The molecule has 2 aromatic carbocycles. The Labute approximate surface area is 182 Å². The first-order chi connectivity index (χ1) is 14.8. The van der Waals surface area contributed by atoms with Crippen molar-refractivity contribution >= 4 is 29.0 Å². The first kappa shape index (κ1) is 21.9. The zero-order valence-corrected chi connectivity index (χ0v) is 18.1. The van der Waals surface area contributed by atoms with Gasteiger partial charge in [-0.2, -0.15) is 5.26 Å². The Hall–Kier alpha value is -3.84. The highest BCUT2D eigenvalue weighted by atomic mass is 32.1. The summed E-state index contributed by atoms with van der Waals surface area (Å²) >= 11 is 5.13. The van der Waals surface area contributed by atoms with Crippen LogP contribution in [0.2, 0.25) is 0 Å². The maximum atomic E-state index is 12.8. The van der Waals surface area contributed by atoms with Crippen LogP contribution in [-0.4, -0.2) is 36.8 Å². The number of hydrogen-bond donors (Lipinski definition) is 2. The molecule has 1 atom stereocenters. The van der Waals surface area contributed by atoms with Crippen LogP contribution in [0.1, 0.15) is 22.0 Å². The van der Waals surface area contributed by atoms with Crippen molar-refractivity contribution in [2.75, 3.05) is 21.3 Å². The summed E-state index contributed by atoms with van der Waals surface area (Å²) in [6.45, 7) is 0. The Morgan fingerprint density at radius 2 is 1.81 bits per heavy atom. The van der Waals surface area contributed by atoms with Gasteiger partial charge < -0.3 is 24.5 Å². The molecule has 31 heavy (non-hydrogen) atoms.